The lowest BCUT2D eigenvalue weighted by Crippen LogP contribution is -2.27. The van der Waals surface area contributed by atoms with E-state index in [4.69, 9.17) is 14.2 Å². The summed E-state index contributed by atoms with van der Waals surface area (Å²) < 4.78 is 19.3. The van der Waals surface area contributed by atoms with Crippen LogP contribution in [-0.2, 0) is 38.9 Å². The first-order valence-corrected chi connectivity index (χ1v) is 11.2. The fraction of sp³-hybridized carbons (Fsp3) is 0.280. The van der Waals surface area contributed by atoms with Crippen LogP contribution >= 0.6 is 0 Å². The molecule has 0 bridgehead atoms. The van der Waals surface area contributed by atoms with Crippen LogP contribution in [0.1, 0.15) is 18.1 Å². The predicted octanol–water partition coefficient (Wildman–Crippen LogP) is 2.85. The van der Waals surface area contributed by atoms with Gasteiger partial charge < -0.3 is 18.8 Å². The standard InChI is InChI=1S/C25H27N5O5/c1-18(31)27-25-28-23-22(24(32)29-25)30(16-26-23)17-35-21(14-33-12-19-8-4-2-5-9-19)15-34-13-20-10-6-3-7-11-20/h2-11,16,21H,12-15,17H2,1H3,(H2,27,28,29,31,32). The van der Waals surface area contributed by atoms with Crippen molar-refractivity contribution in [3.8, 4) is 0 Å². The average molecular weight is 478 g/mol. The number of carbonyl (C=O) groups is 1. The van der Waals surface area contributed by atoms with E-state index in [1.165, 1.54) is 13.3 Å². The third kappa shape index (κ3) is 7.06. The lowest BCUT2D eigenvalue weighted by atomic mass is 10.2. The summed E-state index contributed by atoms with van der Waals surface area (Å²) in [4.78, 5) is 34.7. The number of aromatic nitrogens is 4. The molecule has 0 aliphatic rings. The van der Waals surface area contributed by atoms with Gasteiger partial charge in [0.1, 0.15) is 12.8 Å². The lowest BCUT2D eigenvalue weighted by molar-refractivity contribution is -0.114. The van der Waals surface area contributed by atoms with Crippen LogP contribution in [0.4, 0.5) is 5.95 Å². The lowest BCUT2D eigenvalue weighted by Gasteiger charge is -2.19. The van der Waals surface area contributed by atoms with Crippen LogP contribution in [-0.4, -0.2) is 44.7 Å². The minimum atomic E-state index is -0.433. The zero-order valence-corrected chi connectivity index (χ0v) is 19.3. The van der Waals surface area contributed by atoms with E-state index in [0.717, 1.165) is 11.1 Å². The van der Waals surface area contributed by atoms with Gasteiger partial charge in [0.05, 0.1) is 32.8 Å². The van der Waals surface area contributed by atoms with E-state index in [2.05, 4.69) is 20.3 Å². The molecule has 0 saturated carbocycles. The summed E-state index contributed by atoms with van der Waals surface area (Å²) in [5.41, 5.74) is 2.14. The molecule has 10 heteroatoms. The van der Waals surface area contributed by atoms with Crippen LogP contribution in [0.25, 0.3) is 11.2 Å². The van der Waals surface area contributed by atoms with Crippen molar-refractivity contribution in [2.45, 2.75) is 33.0 Å². The number of nitrogens with zero attached hydrogens (tertiary/aromatic N) is 3. The molecule has 1 amide bonds. The van der Waals surface area contributed by atoms with Crippen LogP contribution < -0.4 is 10.9 Å². The monoisotopic (exact) mass is 477 g/mol. The SMILES string of the molecule is CC(=O)Nc1nc2ncn(COC(COCc3ccccc3)COCc3ccccc3)c2c(=O)[nH]1. The van der Waals surface area contributed by atoms with E-state index in [1.54, 1.807) is 4.57 Å². The molecule has 2 N–H and O–H groups in total. The smallest absolute Gasteiger partial charge is 0.278 e. The highest BCUT2D eigenvalue weighted by Crippen LogP contribution is 2.10. The van der Waals surface area contributed by atoms with Crippen molar-refractivity contribution < 1.29 is 19.0 Å². The highest BCUT2D eigenvalue weighted by Gasteiger charge is 2.15. The number of hydrogen-bond acceptors (Lipinski definition) is 7. The van der Waals surface area contributed by atoms with Crippen LogP contribution in [0.5, 0.6) is 0 Å². The molecular formula is C25H27N5O5. The Bertz CT molecular complexity index is 1240. The van der Waals surface area contributed by atoms with Crippen molar-refractivity contribution in [1.82, 2.24) is 19.5 Å². The Morgan fingerprint density at radius 3 is 2.17 bits per heavy atom. The van der Waals surface area contributed by atoms with E-state index in [1.807, 2.05) is 60.7 Å². The number of nitrogens with one attached hydrogen (secondary N) is 2. The molecule has 2 aromatic heterocycles. The first kappa shape index (κ1) is 24.3. The molecule has 0 atom stereocenters. The number of fused-ring (bicyclic) bond motifs is 1. The number of anilines is 1. The number of benzene rings is 2. The Kier molecular flexibility index (Phi) is 8.34. The summed E-state index contributed by atoms with van der Waals surface area (Å²) in [6.07, 6.45) is 1.09. The van der Waals surface area contributed by atoms with Crippen molar-refractivity contribution in [2.75, 3.05) is 18.5 Å². The van der Waals surface area contributed by atoms with E-state index >= 15 is 0 Å². The predicted molar refractivity (Wildman–Crippen MR) is 130 cm³/mol. The van der Waals surface area contributed by atoms with Gasteiger partial charge in [-0.25, -0.2) is 4.98 Å². The normalized spacial score (nSPS) is 11.3. The van der Waals surface area contributed by atoms with E-state index < -0.39 is 5.56 Å². The third-order valence-corrected chi connectivity index (χ3v) is 5.06. The van der Waals surface area contributed by atoms with E-state index in [0.29, 0.717) is 26.4 Å². The molecule has 0 saturated heterocycles. The second kappa shape index (κ2) is 12.0. The summed E-state index contributed by atoms with van der Waals surface area (Å²) in [5, 5.41) is 2.45. The Balaban J connectivity index is 1.39. The molecule has 4 rings (SSSR count). The maximum atomic E-state index is 12.6. The van der Waals surface area contributed by atoms with Gasteiger partial charge in [0.2, 0.25) is 11.9 Å². The number of carbonyl (C=O) groups excluding carboxylic acids is 1. The van der Waals surface area contributed by atoms with Crippen LogP contribution in [0, 0.1) is 0 Å². The molecular weight excluding hydrogens is 450 g/mol. The van der Waals surface area contributed by atoms with E-state index in [9.17, 15) is 9.59 Å². The Hall–Kier alpha value is -3.86. The Morgan fingerprint density at radius 2 is 1.60 bits per heavy atom. The number of amides is 1. The van der Waals surface area contributed by atoms with Gasteiger partial charge in [-0.1, -0.05) is 60.7 Å². The zero-order valence-electron chi connectivity index (χ0n) is 19.3. The molecule has 4 aromatic rings. The van der Waals surface area contributed by atoms with Gasteiger partial charge >= 0.3 is 0 Å². The quantitative estimate of drug-likeness (QED) is 0.322. The number of ether oxygens (including phenoxy) is 3. The molecule has 35 heavy (non-hydrogen) atoms. The number of aromatic amines is 1. The fourth-order valence-electron chi connectivity index (χ4n) is 3.40. The van der Waals surface area contributed by atoms with Crippen molar-refractivity contribution in [2.24, 2.45) is 0 Å². The molecule has 182 valence electrons. The topological polar surface area (TPSA) is 120 Å². The van der Waals surface area contributed by atoms with E-state index in [-0.39, 0.29) is 35.9 Å². The summed E-state index contributed by atoms with van der Waals surface area (Å²) in [6, 6.07) is 19.7. The molecule has 0 fully saturated rings. The number of H-pyrrole nitrogens is 1. The molecule has 0 radical (unpaired) electrons. The molecule has 0 unspecified atom stereocenters. The Morgan fingerprint density at radius 1 is 1.00 bits per heavy atom. The minimum Gasteiger partial charge on any atom is -0.374 e. The van der Waals surface area contributed by atoms with Crippen LogP contribution in [0.15, 0.2) is 71.8 Å². The highest BCUT2D eigenvalue weighted by molar-refractivity contribution is 5.87. The maximum absolute atomic E-state index is 12.6. The molecule has 2 heterocycles. The number of imidazole rings is 1. The maximum Gasteiger partial charge on any atom is 0.278 e. The molecule has 0 aliphatic heterocycles. The van der Waals surface area contributed by atoms with Crippen LogP contribution in [0.3, 0.4) is 0 Å². The second-order valence-electron chi connectivity index (χ2n) is 7.90. The van der Waals surface area contributed by atoms with Crippen molar-refractivity contribution in [3.63, 3.8) is 0 Å². The van der Waals surface area contributed by atoms with Gasteiger partial charge in [-0.2, -0.15) is 4.98 Å². The summed E-state index contributed by atoms with van der Waals surface area (Å²) in [5.74, 6) is -0.299. The van der Waals surface area contributed by atoms with Gasteiger partial charge in [-0.3, -0.25) is 19.9 Å². The van der Waals surface area contributed by atoms with Crippen molar-refractivity contribution >= 4 is 23.0 Å². The van der Waals surface area contributed by atoms with Gasteiger partial charge in [-0.05, 0) is 11.1 Å². The van der Waals surface area contributed by atoms with Crippen molar-refractivity contribution in [3.05, 3.63) is 88.5 Å². The summed E-state index contributed by atoms with van der Waals surface area (Å²) >= 11 is 0. The zero-order chi connectivity index (χ0) is 24.5. The molecule has 0 spiro atoms. The minimum absolute atomic E-state index is 0.0441. The van der Waals surface area contributed by atoms with Crippen LogP contribution in [0.2, 0.25) is 0 Å². The highest BCUT2D eigenvalue weighted by atomic mass is 16.6. The fourth-order valence-corrected chi connectivity index (χ4v) is 3.40. The second-order valence-corrected chi connectivity index (χ2v) is 7.90. The first-order chi connectivity index (χ1) is 17.1. The summed E-state index contributed by atoms with van der Waals surface area (Å²) in [6.45, 7) is 2.88. The molecule has 10 nitrogen and oxygen atoms in total. The summed E-state index contributed by atoms with van der Waals surface area (Å²) in [7, 11) is 0. The third-order valence-electron chi connectivity index (χ3n) is 5.06. The molecule has 2 aromatic carbocycles. The average Bonchev–Trinajstić information content (AvgIpc) is 3.26. The Labute approximate surface area is 201 Å². The first-order valence-electron chi connectivity index (χ1n) is 11.2. The van der Waals surface area contributed by atoms with Gasteiger partial charge in [0.15, 0.2) is 11.2 Å². The largest absolute Gasteiger partial charge is 0.374 e. The van der Waals surface area contributed by atoms with Crippen molar-refractivity contribution in [1.29, 1.82) is 0 Å². The van der Waals surface area contributed by atoms with Gasteiger partial charge in [-0.15, -0.1) is 0 Å². The van der Waals surface area contributed by atoms with Gasteiger partial charge in [0, 0.05) is 6.92 Å². The number of hydrogen-bond donors (Lipinski definition) is 2. The number of rotatable bonds is 12. The van der Waals surface area contributed by atoms with Gasteiger partial charge in [0.25, 0.3) is 5.56 Å². The molecule has 0 aliphatic carbocycles.